The first-order chi connectivity index (χ1) is 10.3. The van der Waals surface area contributed by atoms with Crippen molar-refractivity contribution in [3.05, 3.63) is 30.2 Å². The molecule has 6 nitrogen and oxygen atoms in total. The zero-order chi connectivity index (χ0) is 16.1. The molecule has 2 heterocycles. The number of Topliss-reactive ketones (excluding diaryl/α,β-unsaturated/α-hetero) is 1. The standard InChI is InChI=1S/C16H17N3O3/c1-9-13(20)16(3,4)15(21)19(9)12-7-5-11(6-8-12)14-17-10(2)22-18-14/h5-9H,1-4H3. The van der Waals surface area contributed by atoms with Gasteiger partial charge in [-0.2, -0.15) is 4.98 Å². The van der Waals surface area contributed by atoms with E-state index in [4.69, 9.17) is 4.52 Å². The molecule has 1 aromatic carbocycles. The number of rotatable bonds is 2. The summed E-state index contributed by atoms with van der Waals surface area (Å²) in [5.74, 6) is 0.763. The Balaban J connectivity index is 1.94. The molecule has 3 rings (SSSR count). The summed E-state index contributed by atoms with van der Waals surface area (Å²) in [6.07, 6.45) is 0. The molecular weight excluding hydrogens is 282 g/mol. The van der Waals surface area contributed by atoms with Crippen LogP contribution in [0.4, 0.5) is 5.69 Å². The lowest BCUT2D eigenvalue weighted by atomic mass is 9.89. The van der Waals surface area contributed by atoms with Crippen LogP contribution >= 0.6 is 0 Å². The first-order valence-electron chi connectivity index (χ1n) is 7.11. The van der Waals surface area contributed by atoms with Crippen molar-refractivity contribution in [3.63, 3.8) is 0 Å². The fourth-order valence-corrected chi connectivity index (χ4v) is 2.75. The van der Waals surface area contributed by atoms with Crippen LogP contribution in [0.15, 0.2) is 28.8 Å². The Bertz CT molecular complexity index is 746. The van der Waals surface area contributed by atoms with Gasteiger partial charge in [0, 0.05) is 18.2 Å². The van der Waals surface area contributed by atoms with Crippen LogP contribution in [0, 0.1) is 12.3 Å². The van der Waals surface area contributed by atoms with Gasteiger partial charge in [-0.3, -0.25) is 9.59 Å². The Labute approximate surface area is 128 Å². The fraction of sp³-hybridized carbons (Fsp3) is 0.375. The SMILES string of the molecule is Cc1nc(-c2ccc(N3C(=O)C(C)(C)C(=O)C3C)cc2)no1. The third-order valence-corrected chi connectivity index (χ3v) is 4.07. The molecule has 1 unspecified atom stereocenters. The monoisotopic (exact) mass is 299 g/mol. The third-order valence-electron chi connectivity index (χ3n) is 4.07. The second-order valence-corrected chi connectivity index (χ2v) is 6.02. The molecule has 0 radical (unpaired) electrons. The van der Waals surface area contributed by atoms with Gasteiger partial charge in [0.1, 0.15) is 5.41 Å². The summed E-state index contributed by atoms with van der Waals surface area (Å²) < 4.78 is 4.95. The number of carbonyl (C=O) groups is 2. The summed E-state index contributed by atoms with van der Waals surface area (Å²) in [5.41, 5.74) is 0.522. The second-order valence-electron chi connectivity index (χ2n) is 6.02. The first kappa shape index (κ1) is 14.4. The molecular formula is C16H17N3O3. The van der Waals surface area contributed by atoms with E-state index in [2.05, 4.69) is 10.1 Å². The van der Waals surface area contributed by atoms with E-state index in [0.29, 0.717) is 17.4 Å². The third kappa shape index (κ3) is 2.03. The normalized spacial score (nSPS) is 20.7. The van der Waals surface area contributed by atoms with E-state index in [1.54, 1.807) is 44.7 Å². The van der Waals surface area contributed by atoms with E-state index in [1.807, 2.05) is 12.1 Å². The van der Waals surface area contributed by atoms with Crippen molar-refractivity contribution < 1.29 is 14.1 Å². The fourth-order valence-electron chi connectivity index (χ4n) is 2.75. The Morgan fingerprint density at radius 3 is 2.27 bits per heavy atom. The number of amides is 1. The molecule has 2 aromatic rings. The summed E-state index contributed by atoms with van der Waals surface area (Å²) in [6.45, 7) is 6.82. The molecule has 22 heavy (non-hydrogen) atoms. The zero-order valence-corrected chi connectivity index (χ0v) is 13.0. The molecule has 114 valence electrons. The molecule has 1 atom stereocenters. The summed E-state index contributed by atoms with van der Waals surface area (Å²) in [4.78, 5) is 30.4. The minimum Gasteiger partial charge on any atom is -0.339 e. The van der Waals surface area contributed by atoms with Gasteiger partial charge in [-0.15, -0.1) is 0 Å². The zero-order valence-electron chi connectivity index (χ0n) is 13.0. The number of hydrogen-bond acceptors (Lipinski definition) is 5. The predicted molar refractivity (Wildman–Crippen MR) is 80.2 cm³/mol. The van der Waals surface area contributed by atoms with Crippen molar-refractivity contribution in [2.24, 2.45) is 5.41 Å². The summed E-state index contributed by atoms with van der Waals surface area (Å²) in [6, 6.07) is 6.76. The minimum absolute atomic E-state index is 0.0598. The van der Waals surface area contributed by atoms with Crippen molar-refractivity contribution in [1.29, 1.82) is 0 Å². The molecule has 0 saturated carbocycles. The minimum atomic E-state index is -0.969. The Morgan fingerprint density at radius 2 is 1.82 bits per heavy atom. The number of carbonyl (C=O) groups excluding carboxylic acids is 2. The van der Waals surface area contributed by atoms with Gasteiger partial charge in [-0.05, 0) is 45.0 Å². The Kier molecular flexibility index (Phi) is 3.12. The molecule has 0 aliphatic carbocycles. The number of hydrogen-bond donors (Lipinski definition) is 0. The molecule has 1 fully saturated rings. The average Bonchev–Trinajstić information content (AvgIpc) is 2.98. The number of aromatic nitrogens is 2. The highest BCUT2D eigenvalue weighted by Crippen LogP contribution is 2.36. The van der Waals surface area contributed by atoms with Gasteiger partial charge >= 0.3 is 0 Å². The topological polar surface area (TPSA) is 76.3 Å². The Hall–Kier alpha value is -2.50. The molecule has 1 saturated heterocycles. The van der Waals surface area contributed by atoms with Crippen LogP contribution in [0.5, 0.6) is 0 Å². The van der Waals surface area contributed by atoms with Crippen molar-refractivity contribution in [1.82, 2.24) is 10.1 Å². The maximum Gasteiger partial charge on any atom is 0.240 e. The molecule has 0 spiro atoms. The molecule has 1 aliphatic heterocycles. The van der Waals surface area contributed by atoms with Crippen LogP contribution in [0.25, 0.3) is 11.4 Å². The smallest absolute Gasteiger partial charge is 0.240 e. The van der Waals surface area contributed by atoms with E-state index in [9.17, 15) is 9.59 Å². The predicted octanol–water partition coefficient (Wildman–Crippen LogP) is 2.38. The molecule has 0 N–H and O–H groups in total. The van der Waals surface area contributed by atoms with E-state index >= 15 is 0 Å². The highest BCUT2D eigenvalue weighted by atomic mass is 16.5. The summed E-state index contributed by atoms with van der Waals surface area (Å²) >= 11 is 0. The van der Waals surface area contributed by atoms with Crippen LogP contribution < -0.4 is 4.90 Å². The van der Waals surface area contributed by atoms with Gasteiger partial charge in [0.2, 0.25) is 17.6 Å². The lowest BCUT2D eigenvalue weighted by Gasteiger charge is -2.21. The van der Waals surface area contributed by atoms with Gasteiger partial charge < -0.3 is 9.42 Å². The van der Waals surface area contributed by atoms with Crippen LogP contribution in [0.1, 0.15) is 26.7 Å². The highest BCUT2D eigenvalue weighted by Gasteiger charge is 2.51. The van der Waals surface area contributed by atoms with Gasteiger partial charge in [-0.1, -0.05) is 5.16 Å². The summed E-state index contributed by atoms with van der Waals surface area (Å²) in [5, 5.41) is 3.86. The molecule has 6 heteroatoms. The second kappa shape index (κ2) is 4.76. The van der Waals surface area contributed by atoms with Gasteiger partial charge in [0.15, 0.2) is 5.78 Å². The van der Waals surface area contributed by atoms with E-state index in [-0.39, 0.29) is 11.7 Å². The number of benzene rings is 1. The lowest BCUT2D eigenvalue weighted by molar-refractivity contribution is -0.132. The largest absolute Gasteiger partial charge is 0.339 e. The number of anilines is 1. The number of nitrogens with zero attached hydrogens (tertiary/aromatic N) is 3. The molecule has 0 bridgehead atoms. The molecule has 1 aliphatic rings. The van der Waals surface area contributed by atoms with Crippen LogP contribution in [-0.2, 0) is 9.59 Å². The van der Waals surface area contributed by atoms with Gasteiger partial charge in [0.25, 0.3) is 0 Å². The quantitative estimate of drug-likeness (QED) is 0.796. The molecule has 1 amide bonds. The maximum absolute atomic E-state index is 12.5. The maximum atomic E-state index is 12.5. The van der Waals surface area contributed by atoms with Crippen LogP contribution in [0.2, 0.25) is 0 Å². The van der Waals surface area contributed by atoms with Gasteiger partial charge in [-0.25, -0.2) is 0 Å². The van der Waals surface area contributed by atoms with Crippen molar-refractivity contribution >= 4 is 17.4 Å². The lowest BCUT2D eigenvalue weighted by Crippen LogP contribution is -2.34. The van der Waals surface area contributed by atoms with Gasteiger partial charge in [0.05, 0.1) is 6.04 Å². The van der Waals surface area contributed by atoms with Crippen molar-refractivity contribution in [2.75, 3.05) is 4.90 Å². The first-order valence-corrected chi connectivity index (χ1v) is 7.11. The van der Waals surface area contributed by atoms with Crippen molar-refractivity contribution in [3.8, 4) is 11.4 Å². The van der Waals surface area contributed by atoms with E-state index < -0.39 is 11.5 Å². The Morgan fingerprint density at radius 1 is 1.18 bits per heavy atom. The number of aryl methyl sites for hydroxylation is 1. The van der Waals surface area contributed by atoms with E-state index in [1.165, 1.54) is 0 Å². The average molecular weight is 299 g/mol. The van der Waals surface area contributed by atoms with Crippen LogP contribution in [-0.4, -0.2) is 27.9 Å². The highest BCUT2D eigenvalue weighted by molar-refractivity contribution is 6.22. The number of ketones is 1. The van der Waals surface area contributed by atoms with E-state index in [0.717, 1.165) is 5.56 Å². The summed E-state index contributed by atoms with van der Waals surface area (Å²) in [7, 11) is 0. The molecule has 1 aromatic heterocycles. The van der Waals surface area contributed by atoms with Crippen molar-refractivity contribution in [2.45, 2.75) is 33.7 Å². The van der Waals surface area contributed by atoms with Crippen LogP contribution in [0.3, 0.4) is 0 Å².